The second kappa shape index (κ2) is 8.19. The molecule has 0 bridgehead atoms. The van der Waals surface area contributed by atoms with Crippen molar-refractivity contribution in [2.24, 2.45) is 5.92 Å². The third kappa shape index (κ3) is 5.63. The Balaban J connectivity index is 1.53. The molecule has 1 amide bonds. The van der Waals surface area contributed by atoms with Gasteiger partial charge in [-0.1, -0.05) is 36.4 Å². The van der Waals surface area contributed by atoms with Crippen LogP contribution in [0.2, 0.25) is 0 Å². The van der Waals surface area contributed by atoms with E-state index in [1.54, 1.807) is 6.92 Å². The van der Waals surface area contributed by atoms with Gasteiger partial charge in [-0.3, -0.25) is 4.79 Å². The molecule has 0 spiro atoms. The molecule has 0 saturated heterocycles. The van der Waals surface area contributed by atoms with Gasteiger partial charge < -0.3 is 10.1 Å². The first kappa shape index (κ1) is 17.5. The van der Waals surface area contributed by atoms with Crippen molar-refractivity contribution < 1.29 is 9.53 Å². The van der Waals surface area contributed by atoms with Crippen LogP contribution in [0.5, 0.6) is 5.75 Å². The zero-order valence-electron chi connectivity index (χ0n) is 15.1. The first-order chi connectivity index (χ1) is 12.1. The van der Waals surface area contributed by atoms with Gasteiger partial charge in [0.2, 0.25) is 5.91 Å². The fraction of sp³-hybridized carbons (Fsp3) is 0.409. The van der Waals surface area contributed by atoms with Crippen LogP contribution in [-0.4, -0.2) is 18.6 Å². The van der Waals surface area contributed by atoms with Gasteiger partial charge >= 0.3 is 0 Å². The molecule has 1 atom stereocenters. The molecule has 1 unspecified atom stereocenters. The minimum absolute atomic E-state index is 0.0346. The summed E-state index contributed by atoms with van der Waals surface area (Å²) in [7, 11) is 0. The highest BCUT2D eigenvalue weighted by molar-refractivity contribution is 5.73. The smallest absolute Gasteiger partial charge is 0.217 e. The van der Waals surface area contributed by atoms with E-state index in [0.29, 0.717) is 0 Å². The first-order valence-corrected chi connectivity index (χ1v) is 9.19. The number of carbonyl (C=O) groups excluding carboxylic acids is 1. The summed E-state index contributed by atoms with van der Waals surface area (Å²) in [5, 5.41) is 2.93. The average molecular weight is 337 g/mol. The highest BCUT2D eigenvalue weighted by Gasteiger charge is 2.21. The molecule has 0 heterocycles. The first-order valence-electron chi connectivity index (χ1n) is 9.19. The van der Waals surface area contributed by atoms with E-state index in [1.165, 1.54) is 29.5 Å². The summed E-state index contributed by atoms with van der Waals surface area (Å²) >= 11 is 0. The number of aryl methyl sites for hydroxylation is 1. The van der Waals surface area contributed by atoms with Crippen molar-refractivity contribution in [2.75, 3.05) is 6.61 Å². The van der Waals surface area contributed by atoms with Crippen molar-refractivity contribution in [3.05, 3.63) is 54.1 Å². The van der Waals surface area contributed by atoms with E-state index in [1.807, 2.05) is 6.92 Å². The minimum Gasteiger partial charge on any atom is -0.493 e. The molecule has 1 fully saturated rings. The number of carbonyl (C=O) groups is 1. The van der Waals surface area contributed by atoms with Gasteiger partial charge in [-0.2, -0.15) is 0 Å². The lowest BCUT2D eigenvalue weighted by atomic mass is 10.0. The molecule has 25 heavy (non-hydrogen) atoms. The molecule has 0 aromatic heterocycles. The molecular formula is C22H27NO2. The highest BCUT2D eigenvalue weighted by Crippen LogP contribution is 2.30. The number of amides is 1. The Morgan fingerprint density at radius 3 is 2.24 bits per heavy atom. The van der Waals surface area contributed by atoms with Crippen LogP contribution in [0, 0.1) is 5.92 Å². The predicted molar refractivity (Wildman–Crippen MR) is 102 cm³/mol. The molecule has 1 N–H and O–H groups in total. The summed E-state index contributed by atoms with van der Waals surface area (Å²) in [4.78, 5) is 11.0. The Kier molecular flexibility index (Phi) is 5.75. The maximum absolute atomic E-state index is 11.0. The van der Waals surface area contributed by atoms with Crippen LogP contribution < -0.4 is 10.1 Å². The molecule has 0 aliphatic heterocycles. The number of ether oxygens (including phenoxy) is 1. The van der Waals surface area contributed by atoms with Gasteiger partial charge in [0.1, 0.15) is 5.75 Å². The van der Waals surface area contributed by atoms with Crippen LogP contribution in [-0.2, 0) is 11.2 Å². The van der Waals surface area contributed by atoms with Crippen molar-refractivity contribution in [3.8, 4) is 16.9 Å². The normalized spacial score (nSPS) is 14.8. The molecule has 1 aliphatic rings. The Bertz CT molecular complexity index is 687. The van der Waals surface area contributed by atoms with Gasteiger partial charge in [0.25, 0.3) is 0 Å². The number of rotatable bonds is 8. The molecule has 1 saturated carbocycles. The van der Waals surface area contributed by atoms with Gasteiger partial charge in [-0.25, -0.2) is 0 Å². The monoisotopic (exact) mass is 337 g/mol. The third-order valence-corrected chi connectivity index (χ3v) is 4.64. The minimum atomic E-state index is 0.0346. The van der Waals surface area contributed by atoms with E-state index in [0.717, 1.165) is 31.1 Å². The third-order valence-electron chi connectivity index (χ3n) is 4.64. The van der Waals surface area contributed by atoms with Gasteiger partial charge in [-0.15, -0.1) is 0 Å². The van der Waals surface area contributed by atoms with E-state index in [2.05, 4.69) is 53.8 Å². The van der Waals surface area contributed by atoms with Gasteiger partial charge in [-0.05, 0) is 67.3 Å². The van der Waals surface area contributed by atoms with Crippen molar-refractivity contribution in [1.29, 1.82) is 0 Å². The number of hydrogen-bond acceptors (Lipinski definition) is 2. The Morgan fingerprint density at radius 1 is 1.08 bits per heavy atom. The summed E-state index contributed by atoms with van der Waals surface area (Å²) in [6.45, 7) is 4.46. The molecule has 132 valence electrons. The van der Waals surface area contributed by atoms with E-state index in [9.17, 15) is 4.79 Å². The Labute approximate surface area is 150 Å². The van der Waals surface area contributed by atoms with E-state index >= 15 is 0 Å². The summed E-state index contributed by atoms with van der Waals surface area (Å²) in [5.41, 5.74) is 3.72. The lowest BCUT2D eigenvalue weighted by Gasteiger charge is -2.12. The topological polar surface area (TPSA) is 38.3 Å². The van der Waals surface area contributed by atoms with Crippen molar-refractivity contribution in [3.63, 3.8) is 0 Å². The standard InChI is InChI=1S/C22H27NO2/c1-16(23-17(2)24)3-4-18-7-9-20(10-8-18)21-11-13-22(14-12-21)25-15-19-5-6-19/h7-14,16,19H,3-6,15H2,1-2H3,(H,23,24). The summed E-state index contributed by atoms with van der Waals surface area (Å²) in [6.07, 6.45) is 4.55. The zero-order valence-corrected chi connectivity index (χ0v) is 15.1. The van der Waals surface area contributed by atoms with Crippen LogP contribution in [0.3, 0.4) is 0 Å². The van der Waals surface area contributed by atoms with Gasteiger partial charge in [0, 0.05) is 13.0 Å². The predicted octanol–water partition coefficient (Wildman–Crippen LogP) is 4.60. The van der Waals surface area contributed by atoms with Crippen molar-refractivity contribution in [2.45, 2.75) is 45.6 Å². The quantitative estimate of drug-likeness (QED) is 0.764. The Hall–Kier alpha value is -2.29. The fourth-order valence-electron chi connectivity index (χ4n) is 2.91. The van der Waals surface area contributed by atoms with E-state index in [-0.39, 0.29) is 11.9 Å². The van der Waals surface area contributed by atoms with Gasteiger partial charge in [0.05, 0.1) is 6.61 Å². The van der Waals surface area contributed by atoms with Crippen LogP contribution in [0.1, 0.15) is 38.7 Å². The number of nitrogens with one attached hydrogen (secondary N) is 1. The van der Waals surface area contributed by atoms with E-state index < -0.39 is 0 Å². The molecule has 3 nitrogen and oxygen atoms in total. The summed E-state index contributed by atoms with van der Waals surface area (Å²) in [5.74, 6) is 1.77. The van der Waals surface area contributed by atoms with Crippen LogP contribution in [0.25, 0.3) is 11.1 Å². The average Bonchev–Trinajstić information content (AvgIpc) is 3.43. The zero-order chi connectivity index (χ0) is 17.6. The van der Waals surface area contributed by atoms with E-state index in [4.69, 9.17) is 4.74 Å². The maximum Gasteiger partial charge on any atom is 0.217 e. The molecule has 0 radical (unpaired) electrons. The molecule has 1 aliphatic carbocycles. The molecule has 2 aromatic rings. The van der Waals surface area contributed by atoms with Crippen LogP contribution >= 0.6 is 0 Å². The highest BCUT2D eigenvalue weighted by atomic mass is 16.5. The van der Waals surface area contributed by atoms with Crippen molar-refractivity contribution >= 4 is 5.91 Å². The number of hydrogen-bond donors (Lipinski definition) is 1. The largest absolute Gasteiger partial charge is 0.493 e. The summed E-state index contributed by atoms with van der Waals surface area (Å²) in [6, 6.07) is 17.2. The molecule has 2 aromatic carbocycles. The van der Waals surface area contributed by atoms with Gasteiger partial charge in [0.15, 0.2) is 0 Å². The second-order valence-electron chi connectivity index (χ2n) is 7.12. The fourth-order valence-corrected chi connectivity index (χ4v) is 2.91. The number of benzene rings is 2. The maximum atomic E-state index is 11.0. The molecule has 3 heteroatoms. The SMILES string of the molecule is CC(=O)NC(C)CCc1ccc(-c2ccc(OCC3CC3)cc2)cc1. The molecule has 3 rings (SSSR count). The van der Waals surface area contributed by atoms with Crippen LogP contribution in [0.4, 0.5) is 0 Å². The Morgan fingerprint density at radius 2 is 1.68 bits per heavy atom. The lowest BCUT2D eigenvalue weighted by molar-refractivity contribution is -0.119. The summed E-state index contributed by atoms with van der Waals surface area (Å²) < 4.78 is 5.79. The van der Waals surface area contributed by atoms with Crippen LogP contribution in [0.15, 0.2) is 48.5 Å². The molecular weight excluding hydrogens is 310 g/mol. The van der Waals surface area contributed by atoms with Crippen molar-refractivity contribution in [1.82, 2.24) is 5.32 Å². The lowest BCUT2D eigenvalue weighted by Crippen LogP contribution is -2.30. The second-order valence-corrected chi connectivity index (χ2v) is 7.12.